The second kappa shape index (κ2) is 30.0. The molecule has 0 atom stereocenters. The molecule has 22 rings (SSSR count). The summed E-state index contributed by atoms with van der Waals surface area (Å²) in [6, 6.07) is 9.59. The maximum absolute atomic E-state index is 6.88. The van der Waals surface area contributed by atoms with E-state index < -0.39 is 28.5 Å². The Bertz CT molecular complexity index is 1670. The van der Waals surface area contributed by atoms with E-state index in [1.807, 2.05) is 0 Å². The number of unbranched alkanes of at least 4 members (excludes halogenated alkanes) is 12. The zero-order valence-corrected chi connectivity index (χ0v) is 48.2. The van der Waals surface area contributed by atoms with Gasteiger partial charge in [0, 0.05) is 74.5 Å². The summed E-state index contributed by atoms with van der Waals surface area (Å²) in [4.78, 5) is 0. The minimum absolute atomic E-state index is 0.250. The van der Waals surface area contributed by atoms with Gasteiger partial charge in [0.05, 0.1) is 26.4 Å². The summed E-state index contributed by atoms with van der Waals surface area (Å²) in [7, 11) is -1.74. The van der Waals surface area contributed by atoms with Crippen LogP contribution in [0.25, 0.3) is 0 Å². The number of benzene rings is 2. The fourth-order valence-corrected chi connectivity index (χ4v) is 11.8. The van der Waals surface area contributed by atoms with Crippen LogP contribution in [0.3, 0.4) is 0 Å². The Morgan fingerprint density at radius 3 is 0.662 bits per heavy atom. The highest BCUT2D eigenvalue weighted by molar-refractivity contribution is 6.65. The molecule has 0 amide bonds. The molecule has 4 fully saturated rings. The second-order valence-corrected chi connectivity index (χ2v) is 24.0. The average molecular weight is 1020 g/mol. The minimum atomic E-state index is -0.434. The molecule has 4 saturated heterocycles. The molecule has 0 spiro atoms. The van der Waals surface area contributed by atoms with Gasteiger partial charge in [-0.15, -0.1) is 0 Å². The van der Waals surface area contributed by atoms with Crippen molar-refractivity contribution in [2.75, 3.05) is 79.3 Å². The molecular weight excluding hydrogens is 924 g/mol. The first-order chi connectivity index (χ1) is 36.1. The molecule has 0 saturated carbocycles. The van der Waals surface area contributed by atoms with Crippen molar-refractivity contribution >= 4 is 50.3 Å². The van der Waals surface area contributed by atoms with E-state index >= 15 is 0 Å². The number of rotatable bonds is 24. The maximum atomic E-state index is 6.88. The normalized spacial score (nSPS) is 26.1. The predicted molar refractivity (Wildman–Crippen MR) is 306 cm³/mol. The first-order valence-corrected chi connectivity index (χ1v) is 30.5. The molecular formula is C60H100B4O10. The molecule has 20 heterocycles. The van der Waals surface area contributed by atoms with Crippen LogP contribution in [0, 0.1) is 21.7 Å². The molecule has 2 aromatic rings. The molecule has 0 radical (unpaired) electrons. The fraction of sp³-hybridized carbons (Fsp3) is 0.800. The molecule has 20 aliphatic rings. The van der Waals surface area contributed by atoms with E-state index in [1.165, 1.54) is 121 Å². The summed E-state index contributed by atoms with van der Waals surface area (Å²) in [6.45, 7) is 25.0. The Kier molecular flexibility index (Phi) is 24.3. The Hall–Kier alpha value is -1.70. The first-order valence-electron chi connectivity index (χ1n) is 30.5. The van der Waals surface area contributed by atoms with Crippen molar-refractivity contribution in [3.05, 3.63) is 46.5 Å². The van der Waals surface area contributed by atoms with Gasteiger partial charge in [-0.1, -0.05) is 157 Å². The minimum Gasteiger partial charge on any atom is -0.407 e. The van der Waals surface area contributed by atoms with Gasteiger partial charge in [-0.25, -0.2) is 0 Å². The van der Waals surface area contributed by atoms with Gasteiger partial charge in [-0.3, -0.25) is 0 Å². The third-order valence-electron chi connectivity index (χ3n) is 18.0. The van der Waals surface area contributed by atoms with E-state index in [0.29, 0.717) is 79.3 Å². The zero-order chi connectivity index (χ0) is 52.3. The lowest BCUT2D eigenvalue weighted by Crippen LogP contribution is -2.56. The van der Waals surface area contributed by atoms with Crippen molar-refractivity contribution in [3.63, 3.8) is 0 Å². The zero-order valence-electron chi connectivity index (χ0n) is 48.2. The van der Waals surface area contributed by atoms with Gasteiger partial charge in [-0.2, -0.15) is 0 Å². The van der Waals surface area contributed by atoms with Crippen LogP contribution >= 0.6 is 0 Å². The molecule has 10 nitrogen and oxygen atoms in total. The highest BCUT2D eigenvalue weighted by Gasteiger charge is 2.46. The monoisotopic (exact) mass is 1020 g/mol. The van der Waals surface area contributed by atoms with E-state index in [9.17, 15) is 0 Å². The summed E-state index contributed by atoms with van der Waals surface area (Å²) in [5, 5.41) is 0. The highest BCUT2D eigenvalue weighted by atomic mass is 16.6. The van der Waals surface area contributed by atoms with Gasteiger partial charge in [0.25, 0.3) is 0 Å². The SMILES string of the molecule is CCCCCCc1cc2c(CCCCCC)cc1B1OCC(CC)(COCC3(CC)COB(OC3)c3cc(CCCCCC)c(cc3CCCCCC)B3OCC(CC)(COCC4(CC)COB2OC4)CO3)CO1. The van der Waals surface area contributed by atoms with Crippen molar-refractivity contribution in [1.29, 1.82) is 0 Å². The van der Waals surface area contributed by atoms with Crippen LogP contribution in [-0.4, -0.2) is 108 Å². The van der Waals surface area contributed by atoms with Crippen LogP contribution in [0.4, 0.5) is 0 Å². The van der Waals surface area contributed by atoms with Crippen LogP contribution in [0.2, 0.25) is 0 Å². The first kappa shape index (κ1) is 60.0. The molecule has 0 aliphatic carbocycles. The lowest BCUT2D eigenvalue weighted by molar-refractivity contribution is -0.0975. The van der Waals surface area contributed by atoms with Gasteiger partial charge < -0.3 is 46.7 Å². The fourth-order valence-electron chi connectivity index (χ4n) is 11.8. The van der Waals surface area contributed by atoms with Gasteiger partial charge in [0.1, 0.15) is 0 Å². The number of hydrogen-bond donors (Lipinski definition) is 0. The maximum Gasteiger partial charge on any atom is 0.494 e. The van der Waals surface area contributed by atoms with Gasteiger partial charge in [-0.05, 0) is 121 Å². The quantitative estimate of drug-likeness (QED) is 0.0748. The number of ether oxygens (including phenoxy) is 2. The van der Waals surface area contributed by atoms with Crippen LogP contribution in [-0.2, 0) is 72.4 Å². The van der Waals surface area contributed by atoms with Crippen molar-refractivity contribution in [1.82, 2.24) is 0 Å². The van der Waals surface area contributed by atoms with Crippen LogP contribution in [0.15, 0.2) is 24.3 Å². The van der Waals surface area contributed by atoms with E-state index in [4.69, 9.17) is 46.7 Å². The second-order valence-electron chi connectivity index (χ2n) is 24.0. The summed E-state index contributed by atoms with van der Waals surface area (Å²) in [6.07, 6.45) is 26.4. The van der Waals surface area contributed by atoms with Crippen LogP contribution in [0.5, 0.6) is 0 Å². The molecule has 0 unspecified atom stereocenters. The van der Waals surface area contributed by atoms with E-state index in [2.05, 4.69) is 79.7 Å². The van der Waals surface area contributed by atoms with Gasteiger partial charge in [0.15, 0.2) is 0 Å². The van der Waals surface area contributed by atoms with E-state index in [1.54, 1.807) is 0 Å². The summed E-state index contributed by atoms with van der Waals surface area (Å²) in [5.41, 5.74) is 8.80. The molecule has 412 valence electrons. The van der Waals surface area contributed by atoms with Crippen molar-refractivity contribution in [2.45, 2.75) is 209 Å². The molecule has 0 N–H and O–H groups in total. The topological polar surface area (TPSA) is 92.3 Å². The lowest BCUT2D eigenvalue weighted by atomic mass is 9.65. The largest absolute Gasteiger partial charge is 0.494 e. The molecule has 74 heavy (non-hydrogen) atoms. The van der Waals surface area contributed by atoms with Crippen molar-refractivity contribution < 1.29 is 46.7 Å². The molecule has 14 heteroatoms. The van der Waals surface area contributed by atoms with Gasteiger partial charge in [0.2, 0.25) is 0 Å². The lowest BCUT2D eigenvalue weighted by Gasteiger charge is -2.42. The van der Waals surface area contributed by atoms with E-state index in [0.717, 1.165) is 77.0 Å². The van der Waals surface area contributed by atoms with Gasteiger partial charge >= 0.3 is 28.5 Å². The highest BCUT2D eigenvalue weighted by Crippen LogP contribution is 2.35. The Balaban J connectivity index is 1.19. The van der Waals surface area contributed by atoms with Crippen molar-refractivity contribution in [2.24, 2.45) is 21.7 Å². The third-order valence-corrected chi connectivity index (χ3v) is 18.0. The number of aryl methyl sites for hydroxylation is 4. The van der Waals surface area contributed by atoms with Crippen LogP contribution in [0.1, 0.15) is 206 Å². The molecule has 0 aromatic heterocycles. The molecule has 2 aromatic carbocycles. The molecule has 12 bridgehead atoms. The molecule has 20 aliphatic heterocycles. The Morgan fingerprint density at radius 1 is 0.284 bits per heavy atom. The summed E-state index contributed by atoms with van der Waals surface area (Å²) >= 11 is 0. The summed E-state index contributed by atoms with van der Waals surface area (Å²) in [5.74, 6) is 0. The smallest absolute Gasteiger partial charge is 0.407 e. The Labute approximate surface area is 452 Å². The Morgan fingerprint density at radius 2 is 0.486 bits per heavy atom. The summed E-state index contributed by atoms with van der Waals surface area (Å²) < 4.78 is 68.6. The van der Waals surface area contributed by atoms with E-state index in [-0.39, 0.29) is 21.7 Å². The number of hydrogen-bond acceptors (Lipinski definition) is 10. The third kappa shape index (κ3) is 15.8. The average Bonchev–Trinajstić information content (AvgIpc) is 3.44. The van der Waals surface area contributed by atoms with Crippen molar-refractivity contribution in [3.8, 4) is 0 Å². The predicted octanol–water partition coefficient (Wildman–Crippen LogP) is 10.5. The standard InChI is InChI=1S/C60H100B4O10/c1-9-17-21-25-29-49-33-54-50(30-26-22-18-10-2)34-53(49)61-67-41-57(13-5,42-68-61)37-65-39-59(15-7)45-71-63(72-46-59)55-35-52(32-28-24-20-12-4)56(36-51(55)31-27-23-19-11-3)64-73-47-60(16-8,48-74-64)40-66-38-58(14-6)43-69-62(54)70-44-58/h33-36H,9-32,37-48H2,1-8H3. The van der Waals surface area contributed by atoms with Crippen LogP contribution < -0.4 is 21.9 Å².